The van der Waals surface area contributed by atoms with Gasteiger partial charge in [0.1, 0.15) is 0 Å². The number of rotatable bonds is 4. The Kier molecular flexibility index (Phi) is 9.17. The Balaban J connectivity index is 0.00000176. The molecule has 0 N–H and O–H groups in total. The first-order chi connectivity index (χ1) is 17.9. The van der Waals surface area contributed by atoms with E-state index in [2.05, 4.69) is 138 Å². The molecule has 1 atom stereocenters. The van der Waals surface area contributed by atoms with Crippen molar-refractivity contribution >= 4 is 3.21 Å². The summed E-state index contributed by atoms with van der Waals surface area (Å²) in [5.41, 5.74) is 14.5. The molecule has 2 aliphatic rings. The van der Waals surface area contributed by atoms with Crippen LogP contribution in [0.1, 0.15) is 57.8 Å². The van der Waals surface area contributed by atoms with Crippen molar-refractivity contribution in [3.8, 4) is 11.1 Å². The number of hydrogen-bond donors (Lipinski definition) is 0. The second-order valence-corrected chi connectivity index (χ2v) is 16.9. The zero-order chi connectivity index (χ0) is 25.7. The van der Waals surface area contributed by atoms with E-state index in [1.165, 1.54) is 39.0 Å². The molecule has 39 heavy (non-hydrogen) atoms. The largest absolute Gasteiger partial charge is 1.00 e. The van der Waals surface area contributed by atoms with Crippen LogP contribution in [-0.4, -0.2) is 3.21 Å². The molecule has 0 fully saturated rings. The standard InChI is InChI=1S/C15H13.C13H10.C8H11.2ClH.Zr/c1-10-3-5-14-12(7-10)9-13-8-11(2)4-6-15(13)14;1-3-7-12(8-4-1)11-13-9-5-2-6-10-13;1-6-4-5-7(2)8(6)3;;;/h3-9H,1-2H3;1-10H;4,7H,1-3H3;2*1H;/q;;;;;+2/p-2. The number of allylic oxidation sites excluding steroid dienone is 4. The van der Waals surface area contributed by atoms with Gasteiger partial charge in [-0.15, -0.1) is 0 Å². The van der Waals surface area contributed by atoms with Crippen molar-refractivity contribution in [3.05, 3.63) is 151 Å². The molecule has 0 bridgehead atoms. The molecule has 0 heterocycles. The van der Waals surface area contributed by atoms with Crippen LogP contribution in [-0.2, 0) is 21.3 Å². The van der Waals surface area contributed by atoms with Crippen LogP contribution in [0.5, 0.6) is 0 Å². The smallest absolute Gasteiger partial charge is 1.00 e. The molecule has 0 amide bonds. The molecule has 0 nitrogen and oxygen atoms in total. The number of aryl methyl sites for hydroxylation is 2. The van der Waals surface area contributed by atoms with Gasteiger partial charge in [-0.3, -0.25) is 0 Å². The van der Waals surface area contributed by atoms with E-state index in [0.717, 1.165) is 0 Å². The van der Waals surface area contributed by atoms with Gasteiger partial charge in [0, 0.05) is 0 Å². The molecule has 1 unspecified atom stereocenters. The summed E-state index contributed by atoms with van der Waals surface area (Å²) in [5.74, 6) is 0.499. The van der Waals surface area contributed by atoms with E-state index in [4.69, 9.17) is 0 Å². The van der Waals surface area contributed by atoms with Crippen LogP contribution in [0.4, 0.5) is 0 Å². The first-order valence-corrected chi connectivity index (χ1v) is 17.3. The van der Waals surface area contributed by atoms with Crippen molar-refractivity contribution in [1.29, 1.82) is 0 Å². The average molecular weight is 629 g/mol. The maximum Gasteiger partial charge on any atom is -1.00 e. The molecule has 0 saturated carbocycles. The number of hydrogen-bond acceptors (Lipinski definition) is 0. The van der Waals surface area contributed by atoms with Crippen LogP contribution in [0, 0.1) is 19.8 Å². The van der Waals surface area contributed by atoms with Gasteiger partial charge in [0.05, 0.1) is 0 Å². The Bertz CT molecular complexity index is 1520. The maximum atomic E-state index is 2.59. The van der Waals surface area contributed by atoms with E-state index in [-0.39, 0.29) is 24.8 Å². The SMILES string of the molecule is CC1=C(C)C(C)[C]([Zr+2](=[C](c2ccccc2)c2ccccc2)[CH]2c3cc(C)ccc3-c3ccc(C)cc32)=C1.[Cl-].[Cl-]. The Morgan fingerprint density at radius 3 is 1.49 bits per heavy atom. The summed E-state index contributed by atoms with van der Waals surface area (Å²) in [6.45, 7) is 11.6. The summed E-state index contributed by atoms with van der Waals surface area (Å²) in [6, 6.07) is 36.9. The number of fused-ring (bicyclic) bond motifs is 3. The normalized spacial score (nSPS) is 15.4. The molecular formula is C36H34Cl2Zr. The Hall–Kier alpha value is -2.31. The molecule has 3 heteroatoms. The molecule has 0 spiro atoms. The summed E-state index contributed by atoms with van der Waals surface area (Å²) in [7, 11) is 0. The third kappa shape index (κ3) is 5.27. The van der Waals surface area contributed by atoms with Crippen molar-refractivity contribution in [3.63, 3.8) is 0 Å². The molecule has 2 aliphatic carbocycles. The predicted molar refractivity (Wildman–Crippen MR) is 155 cm³/mol. The van der Waals surface area contributed by atoms with Gasteiger partial charge in [0.25, 0.3) is 0 Å². The molecule has 4 aromatic rings. The van der Waals surface area contributed by atoms with Gasteiger partial charge in [0.2, 0.25) is 0 Å². The summed E-state index contributed by atoms with van der Waals surface area (Å²) >= 11 is -2.67. The zero-order valence-corrected chi connectivity index (χ0v) is 27.2. The molecule has 196 valence electrons. The van der Waals surface area contributed by atoms with Crippen molar-refractivity contribution in [2.45, 2.75) is 38.2 Å². The van der Waals surface area contributed by atoms with E-state index < -0.39 is 21.3 Å². The van der Waals surface area contributed by atoms with Crippen LogP contribution < -0.4 is 24.8 Å². The minimum Gasteiger partial charge on any atom is -1.00 e. The monoisotopic (exact) mass is 626 g/mol. The zero-order valence-electron chi connectivity index (χ0n) is 23.2. The van der Waals surface area contributed by atoms with E-state index in [1.807, 2.05) is 0 Å². The summed E-state index contributed by atoms with van der Waals surface area (Å²) in [6.07, 6.45) is 2.59. The second-order valence-electron chi connectivity index (χ2n) is 10.8. The fourth-order valence-electron chi connectivity index (χ4n) is 6.31. The third-order valence-corrected chi connectivity index (χ3v) is 17.1. The van der Waals surface area contributed by atoms with E-state index in [1.54, 1.807) is 23.2 Å². The summed E-state index contributed by atoms with van der Waals surface area (Å²) < 4.78 is 3.80. The van der Waals surface area contributed by atoms with E-state index in [0.29, 0.717) is 9.54 Å². The number of halogens is 2. The Morgan fingerprint density at radius 1 is 0.615 bits per heavy atom. The second kappa shape index (κ2) is 12.1. The summed E-state index contributed by atoms with van der Waals surface area (Å²) in [4.78, 5) is 0. The van der Waals surface area contributed by atoms with Gasteiger partial charge in [-0.05, 0) is 0 Å². The van der Waals surface area contributed by atoms with Crippen LogP contribution in [0.2, 0.25) is 0 Å². The minimum atomic E-state index is -2.67. The van der Waals surface area contributed by atoms with Gasteiger partial charge in [0.15, 0.2) is 0 Å². The molecule has 6 rings (SSSR count). The van der Waals surface area contributed by atoms with Crippen LogP contribution >= 0.6 is 0 Å². The fraction of sp³-hybridized carbons (Fsp3) is 0.194. The fourth-order valence-corrected chi connectivity index (χ4v) is 16.2. The van der Waals surface area contributed by atoms with Gasteiger partial charge in [-0.2, -0.15) is 0 Å². The Labute approximate surface area is 253 Å². The topological polar surface area (TPSA) is 0 Å². The third-order valence-electron chi connectivity index (χ3n) is 8.43. The van der Waals surface area contributed by atoms with Gasteiger partial charge in [-0.25, -0.2) is 0 Å². The molecule has 0 saturated heterocycles. The van der Waals surface area contributed by atoms with Crippen molar-refractivity contribution in [1.82, 2.24) is 0 Å². The van der Waals surface area contributed by atoms with Crippen LogP contribution in [0.3, 0.4) is 0 Å². The van der Waals surface area contributed by atoms with Crippen LogP contribution in [0.25, 0.3) is 11.1 Å². The summed E-state index contributed by atoms with van der Waals surface area (Å²) in [5, 5.41) is 0. The molecular weight excluding hydrogens is 595 g/mol. The van der Waals surface area contributed by atoms with Crippen molar-refractivity contribution < 1.29 is 46.1 Å². The molecule has 0 aromatic heterocycles. The minimum absolute atomic E-state index is 0. The van der Waals surface area contributed by atoms with Crippen molar-refractivity contribution in [2.24, 2.45) is 5.92 Å². The van der Waals surface area contributed by atoms with Crippen LogP contribution in [0.15, 0.2) is 118 Å². The molecule has 0 radical (unpaired) electrons. The molecule has 0 aliphatic heterocycles. The first-order valence-electron chi connectivity index (χ1n) is 13.4. The van der Waals surface area contributed by atoms with Gasteiger partial charge in [-0.1, -0.05) is 0 Å². The predicted octanol–water partition coefficient (Wildman–Crippen LogP) is 3.14. The van der Waals surface area contributed by atoms with E-state index in [9.17, 15) is 0 Å². The first kappa shape index (κ1) is 29.7. The average Bonchev–Trinajstić information content (AvgIpc) is 3.35. The quantitative estimate of drug-likeness (QED) is 0.326. The van der Waals surface area contributed by atoms with Crippen molar-refractivity contribution in [2.75, 3.05) is 0 Å². The van der Waals surface area contributed by atoms with E-state index >= 15 is 0 Å². The Morgan fingerprint density at radius 2 is 1.08 bits per heavy atom. The molecule has 4 aromatic carbocycles. The van der Waals surface area contributed by atoms with Gasteiger partial charge < -0.3 is 24.8 Å². The maximum absolute atomic E-state index is 2.67. The van der Waals surface area contributed by atoms with Gasteiger partial charge >= 0.3 is 231 Å². The number of benzene rings is 4.